The van der Waals surface area contributed by atoms with E-state index in [1.54, 1.807) is 0 Å². The highest BCUT2D eigenvalue weighted by Crippen LogP contribution is 2.15. The van der Waals surface area contributed by atoms with Crippen molar-refractivity contribution >= 4 is 12.1 Å². The lowest BCUT2D eigenvalue weighted by Crippen LogP contribution is -2.18. The minimum absolute atomic E-state index is 0.833. The van der Waals surface area contributed by atoms with Crippen molar-refractivity contribution < 1.29 is 9.59 Å². The van der Waals surface area contributed by atoms with Crippen LogP contribution in [0.25, 0.3) is 0 Å². The molecule has 0 aromatic rings. The molecule has 6 heteroatoms. The van der Waals surface area contributed by atoms with Crippen molar-refractivity contribution in [2.24, 2.45) is 22.9 Å². The summed E-state index contributed by atoms with van der Waals surface area (Å²) < 4.78 is 0. The normalized spacial score (nSPS) is 13.7. The second-order valence-corrected chi connectivity index (χ2v) is 2.93. The van der Waals surface area contributed by atoms with Gasteiger partial charge in [0.1, 0.15) is 0 Å². The third kappa shape index (κ3) is 46.5. The van der Waals surface area contributed by atoms with Gasteiger partial charge >= 0.3 is 12.1 Å². The van der Waals surface area contributed by atoms with Gasteiger partial charge in [-0.05, 0) is 0 Å². The molecular weight excluding hydrogens is 184 g/mol. The van der Waals surface area contributed by atoms with Crippen molar-refractivity contribution in [1.29, 1.82) is 0 Å². The fourth-order valence-corrected chi connectivity index (χ4v) is 1.06. The SMILES string of the molecule is C1CCCCC1.NC(N)=O.NC(N)=O. The van der Waals surface area contributed by atoms with Crippen molar-refractivity contribution in [3.05, 3.63) is 0 Å². The smallest absolute Gasteiger partial charge is 0.309 e. The lowest BCUT2D eigenvalue weighted by atomic mass is 10.0. The summed E-state index contributed by atoms with van der Waals surface area (Å²) in [7, 11) is 0. The summed E-state index contributed by atoms with van der Waals surface area (Å²) in [5.41, 5.74) is 17.0. The minimum atomic E-state index is -0.833. The van der Waals surface area contributed by atoms with E-state index in [0.717, 1.165) is 0 Å². The number of urea groups is 2. The monoisotopic (exact) mass is 204 g/mol. The Kier molecular flexibility index (Phi) is 12.4. The van der Waals surface area contributed by atoms with E-state index in [1.807, 2.05) is 0 Å². The molecule has 0 heterocycles. The van der Waals surface area contributed by atoms with Gasteiger partial charge in [-0.15, -0.1) is 0 Å². The number of rotatable bonds is 0. The summed E-state index contributed by atoms with van der Waals surface area (Å²) in [5.74, 6) is 0. The van der Waals surface area contributed by atoms with Gasteiger partial charge in [0.25, 0.3) is 0 Å². The first-order valence-corrected chi connectivity index (χ1v) is 4.56. The molecule has 1 rings (SSSR count). The first kappa shape index (κ1) is 15.0. The maximum atomic E-state index is 9.00. The fourth-order valence-electron chi connectivity index (χ4n) is 1.06. The van der Waals surface area contributed by atoms with Crippen molar-refractivity contribution in [3.8, 4) is 0 Å². The van der Waals surface area contributed by atoms with E-state index < -0.39 is 12.1 Å². The molecule has 0 spiro atoms. The Hall–Kier alpha value is -1.46. The summed E-state index contributed by atoms with van der Waals surface area (Å²) in [5, 5.41) is 0. The molecule has 4 amide bonds. The van der Waals surface area contributed by atoms with E-state index in [1.165, 1.54) is 38.5 Å². The average Bonchev–Trinajstić information content (AvgIpc) is 2.05. The molecule has 6 nitrogen and oxygen atoms in total. The molecule has 0 saturated heterocycles. The van der Waals surface area contributed by atoms with E-state index in [4.69, 9.17) is 9.59 Å². The van der Waals surface area contributed by atoms with E-state index in [9.17, 15) is 0 Å². The molecule has 0 aromatic heterocycles. The number of hydrogen-bond acceptors (Lipinski definition) is 2. The molecule has 1 aliphatic rings. The highest BCUT2D eigenvalue weighted by Gasteiger charge is 1.95. The van der Waals surface area contributed by atoms with Gasteiger partial charge in [-0.1, -0.05) is 38.5 Å². The molecule has 0 unspecified atom stereocenters. The Morgan fingerprint density at radius 3 is 0.714 bits per heavy atom. The summed E-state index contributed by atoms with van der Waals surface area (Å²) in [6.45, 7) is 0. The van der Waals surface area contributed by atoms with Gasteiger partial charge in [0, 0.05) is 0 Å². The van der Waals surface area contributed by atoms with Crippen LogP contribution < -0.4 is 22.9 Å². The van der Waals surface area contributed by atoms with Gasteiger partial charge in [0.15, 0.2) is 0 Å². The predicted molar refractivity (Wildman–Crippen MR) is 55.2 cm³/mol. The molecular formula is C8H20N4O2. The zero-order valence-corrected chi connectivity index (χ0v) is 8.37. The van der Waals surface area contributed by atoms with Gasteiger partial charge in [-0.25, -0.2) is 9.59 Å². The zero-order chi connectivity index (χ0) is 11.4. The second-order valence-electron chi connectivity index (χ2n) is 2.93. The molecule has 1 fully saturated rings. The molecule has 0 bridgehead atoms. The number of primary amides is 4. The van der Waals surface area contributed by atoms with Crippen LogP contribution in [0.3, 0.4) is 0 Å². The van der Waals surface area contributed by atoms with E-state index in [0.29, 0.717) is 0 Å². The Labute approximate surface area is 84.0 Å². The van der Waals surface area contributed by atoms with Crippen LogP contribution in [0.1, 0.15) is 38.5 Å². The van der Waals surface area contributed by atoms with Crippen molar-refractivity contribution in [3.63, 3.8) is 0 Å². The molecule has 1 saturated carbocycles. The summed E-state index contributed by atoms with van der Waals surface area (Å²) in [6, 6.07) is -1.67. The van der Waals surface area contributed by atoms with Crippen molar-refractivity contribution in [2.75, 3.05) is 0 Å². The Morgan fingerprint density at radius 2 is 0.643 bits per heavy atom. The number of hydrogen-bond donors (Lipinski definition) is 4. The van der Waals surface area contributed by atoms with Gasteiger partial charge in [0.05, 0.1) is 0 Å². The molecule has 84 valence electrons. The second kappa shape index (κ2) is 11.5. The molecule has 14 heavy (non-hydrogen) atoms. The average molecular weight is 204 g/mol. The van der Waals surface area contributed by atoms with Crippen molar-refractivity contribution in [1.82, 2.24) is 0 Å². The highest BCUT2D eigenvalue weighted by atomic mass is 16.2. The first-order valence-electron chi connectivity index (χ1n) is 4.56. The summed E-state index contributed by atoms with van der Waals surface area (Å²) in [4.78, 5) is 18.0. The van der Waals surface area contributed by atoms with Crippen LogP contribution >= 0.6 is 0 Å². The van der Waals surface area contributed by atoms with Crippen LogP contribution in [0.15, 0.2) is 0 Å². The van der Waals surface area contributed by atoms with Crippen LogP contribution in [0.5, 0.6) is 0 Å². The number of nitrogens with two attached hydrogens (primary N) is 4. The zero-order valence-electron chi connectivity index (χ0n) is 8.37. The highest BCUT2D eigenvalue weighted by molar-refractivity contribution is 5.69. The van der Waals surface area contributed by atoms with Crippen LogP contribution in [-0.4, -0.2) is 12.1 Å². The maximum absolute atomic E-state index is 9.00. The van der Waals surface area contributed by atoms with Crippen LogP contribution in [0.4, 0.5) is 9.59 Å². The topological polar surface area (TPSA) is 138 Å². The minimum Gasteiger partial charge on any atom is -0.352 e. The summed E-state index contributed by atoms with van der Waals surface area (Å²) in [6.07, 6.45) is 9.00. The van der Waals surface area contributed by atoms with Gasteiger partial charge in [-0.3, -0.25) is 0 Å². The molecule has 1 aliphatic carbocycles. The van der Waals surface area contributed by atoms with Crippen LogP contribution in [-0.2, 0) is 0 Å². The number of carbonyl (C=O) groups excluding carboxylic acids is 2. The maximum Gasteiger partial charge on any atom is 0.309 e. The Bertz CT molecular complexity index is 126. The Morgan fingerprint density at radius 1 is 0.571 bits per heavy atom. The standard InChI is InChI=1S/C6H12.2CH4N2O/c1-2-4-6-5-3-1;2*2-1(3)4/h1-6H2;2*(H4,2,3,4). The van der Waals surface area contributed by atoms with E-state index in [-0.39, 0.29) is 0 Å². The number of amides is 4. The third-order valence-electron chi connectivity index (χ3n) is 1.50. The molecule has 0 aromatic carbocycles. The van der Waals surface area contributed by atoms with Gasteiger partial charge in [-0.2, -0.15) is 0 Å². The predicted octanol–water partition coefficient (Wildman–Crippen LogP) is 0.388. The van der Waals surface area contributed by atoms with E-state index in [2.05, 4.69) is 22.9 Å². The summed E-state index contributed by atoms with van der Waals surface area (Å²) >= 11 is 0. The number of carbonyl (C=O) groups is 2. The third-order valence-corrected chi connectivity index (χ3v) is 1.50. The van der Waals surface area contributed by atoms with Crippen LogP contribution in [0, 0.1) is 0 Å². The molecule has 0 radical (unpaired) electrons. The van der Waals surface area contributed by atoms with Crippen molar-refractivity contribution in [2.45, 2.75) is 38.5 Å². The molecule has 0 atom stereocenters. The van der Waals surface area contributed by atoms with Crippen LogP contribution in [0.2, 0.25) is 0 Å². The van der Waals surface area contributed by atoms with Gasteiger partial charge in [0.2, 0.25) is 0 Å². The first-order chi connectivity index (χ1) is 6.46. The molecule has 0 aliphatic heterocycles. The largest absolute Gasteiger partial charge is 0.352 e. The Balaban J connectivity index is 0. The lowest BCUT2D eigenvalue weighted by Gasteiger charge is -2.05. The van der Waals surface area contributed by atoms with Gasteiger partial charge < -0.3 is 22.9 Å². The lowest BCUT2D eigenvalue weighted by molar-refractivity contribution is 0.255. The van der Waals surface area contributed by atoms with E-state index >= 15 is 0 Å². The quantitative estimate of drug-likeness (QED) is 0.453. The fraction of sp³-hybridized carbons (Fsp3) is 0.750. The molecule has 8 N–H and O–H groups in total.